The Morgan fingerprint density at radius 3 is 2.80 bits per heavy atom. The smallest absolute Gasteiger partial charge is 0.115 e. The summed E-state index contributed by atoms with van der Waals surface area (Å²) in [5, 5.41) is 12.9. The Kier molecular flexibility index (Phi) is 3.79. The van der Waals surface area contributed by atoms with Gasteiger partial charge in [0.05, 0.1) is 6.04 Å². The lowest BCUT2D eigenvalue weighted by Crippen LogP contribution is -2.28. The molecule has 0 spiro atoms. The van der Waals surface area contributed by atoms with Crippen molar-refractivity contribution in [2.45, 2.75) is 18.9 Å². The van der Waals surface area contributed by atoms with Gasteiger partial charge in [-0.15, -0.1) is 0 Å². The maximum Gasteiger partial charge on any atom is 0.115 e. The van der Waals surface area contributed by atoms with Gasteiger partial charge in [-0.05, 0) is 54.3 Å². The van der Waals surface area contributed by atoms with Gasteiger partial charge in [-0.25, -0.2) is 0 Å². The molecule has 0 radical (unpaired) electrons. The normalized spacial score (nSPS) is 21.0. The molecule has 102 valence electrons. The van der Waals surface area contributed by atoms with Gasteiger partial charge < -0.3 is 10.4 Å². The highest BCUT2D eigenvalue weighted by Gasteiger charge is 2.19. The SMILES string of the molecule is Oc1ccc(/C=C2/CCCNC2c2cccnc2)cc1. The molecule has 3 rings (SSSR count). The van der Waals surface area contributed by atoms with Crippen molar-refractivity contribution in [3.63, 3.8) is 0 Å². The molecule has 1 aromatic heterocycles. The van der Waals surface area contributed by atoms with Crippen LogP contribution in [0.25, 0.3) is 6.08 Å². The van der Waals surface area contributed by atoms with Crippen molar-refractivity contribution in [2.75, 3.05) is 6.54 Å². The first-order chi connectivity index (χ1) is 9.83. The van der Waals surface area contributed by atoms with E-state index in [0.717, 1.165) is 24.9 Å². The standard InChI is InChI=1S/C17H18N2O/c20-16-7-5-13(6-8-16)11-14-3-2-10-19-17(14)15-4-1-9-18-12-15/h1,4-9,11-12,17,19-20H,2-3,10H2/b14-11-. The number of piperidine rings is 1. The summed E-state index contributed by atoms with van der Waals surface area (Å²) in [7, 11) is 0. The number of hydrogen-bond donors (Lipinski definition) is 2. The summed E-state index contributed by atoms with van der Waals surface area (Å²) in [5.74, 6) is 0.303. The van der Waals surface area contributed by atoms with Gasteiger partial charge in [-0.2, -0.15) is 0 Å². The van der Waals surface area contributed by atoms with E-state index in [1.807, 2.05) is 24.4 Å². The fourth-order valence-electron chi connectivity index (χ4n) is 2.63. The molecule has 1 fully saturated rings. The molecule has 0 saturated carbocycles. The Labute approximate surface area is 119 Å². The van der Waals surface area contributed by atoms with Crippen molar-refractivity contribution >= 4 is 6.08 Å². The largest absolute Gasteiger partial charge is 0.508 e. The van der Waals surface area contributed by atoms with Crippen LogP contribution in [0.2, 0.25) is 0 Å². The van der Waals surface area contributed by atoms with Gasteiger partial charge in [-0.3, -0.25) is 4.98 Å². The summed E-state index contributed by atoms with van der Waals surface area (Å²) in [6.07, 6.45) is 8.18. The van der Waals surface area contributed by atoms with Gasteiger partial charge in [0.15, 0.2) is 0 Å². The minimum absolute atomic E-state index is 0.242. The number of aromatic nitrogens is 1. The van der Waals surface area contributed by atoms with E-state index in [0.29, 0.717) is 5.75 Å². The first kappa shape index (κ1) is 12.9. The Morgan fingerprint density at radius 2 is 2.05 bits per heavy atom. The topological polar surface area (TPSA) is 45.1 Å². The number of phenols is 1. The Balaban J connectivity index is 1.91. The van der Waals surface area contributed by atoms with Gasteiger partial charge in [-0.1, -0.05) is 24.3 Å². The summed E-state index contributed by atoms with van der Waals surface area (Å²) >= 11 is 0. The number of nitrogens with zero attached hydrogens (tertiary/aromatic N) is 1. The maximum atomic E-state index is 9.35. The fourth-order valence-corrected chi connectivity index (χ4v) is 2.63. The number of aromatic hydroxyl groups is 1. The van der Waals surface area contributed by atoms with Crippen LogP contribution in [0.15, 0.2) is 54.4 Å². The summed E-state index contributed by atoms with van der Waals surface area (Å²) in [4.78, 5) is 4.21. The molecule has 1 aliphatic rings. The molecule has 0 aliphatic carbocycles. The van der Waals surface area contributed by atoms with E-state index >= 15 is 0 Å². The van der Waals surface area contributed by atoms with E-state index in [4.69, 9.17) is 0 Å². The maximum absolute atomic E-state index is 9.35. The van der Waals surface area contributed by atoms with Crippen LogP contribution >= 0.6 is 0 Å². The van der Waals surface area contributed by atoms with Gasteiger partial charge in [0.2, 0.25) is 0 Å². The molecule has 1 unspecified atom stereocenters. The number of benzene rings is 1. The minimum Gasteiger partial charge on any atom is -0.508 e. The van der Waals surface area contributed by atoms with Crippen molar-refractivity contribution in [1.82, 2.24) is 10.3 Å². The van der Waals surface area contributed by atoms with Crippen LogP contribution in [0.3, 0.4) is 0 Å². The quantitative estimate of drug-likeness (QED) is 0.876. The van der Waals surface area contributed by atoms with E-state index < -0.39 is 0 Å². The number of hydrogen-bond acceptors (Lipinski definition) is 3. The second kappa shape index (κ2) is 5.88. The molecule has 1 saturated heterocycles. The van der Waals surface area contributed by atoms with Crippen molar-refractivity contribution in [1.29, 1.82) is 0 Å². The van der Waals surface area contributed by atoms with E-state index in [1.165, 1.54) is 11.1 Å². The van der Waals surface area contributed by atoms with Gasteiger partial charge in [0, 0.05) is 12.4 Å². The predicted molar refractivity (Wildman–Crippen MR) is 80.3 cm³/mol. The Bertz CT molecular complexity index is 590. The van der Waals surface area contributed by atoms with Gasteiger partial charge in [0.1, 0.15) is 5.75 Å². The van der Waals surface area contributed by atoms with E-state index in [1.54, 1.807) is 18.3 Å². The molecule has 20 heavy (non-hydrogen) atoms. The lowest BCUT2D eigenvalue weighted by Gasteiger charge is -2.27. The lowest BCUT2D eigenvalue weighted by atomic mass is 9.91. The van der Waals surface area contributed by atoms with Crippen LogP contribution in [0.5, 0.6) is 5.75 Å². The number of rotatable bonds is 2. The van der Waals surface area contributed by atoms with E-state index in [9.17, 15) is 5.11 Å². The molecule has 1 aromatic carbocycles. The van der Waals surface area contributed by atoms with E-state index in [2.05, 4.69) is 22.4 Å². The van der Waals surface area contributed by atoms with Crippen LogP contribution in [0.4, 0.5) is 0 Å². The summed E-state index contributed by atoms with van der Waals surface area (Å²) in [6.45, 7) is 1.03. The predicted octanol–water partition coefficient (Wildman–Crippen LogP) is 3.30. The second-order valence-corrected chi connectivity index (χ2v) is 5.09. The summed E-state index contributed by atoms with van der Waals surface area (Å²) in [5.41, 5.74) is 3.70. The number of nitrogens with one attached hydrogen (secondary N) is 1. The average molecular weight is 266 g/mol. The molecule has 1 aliphatic heterocycles. The number of phenolic OH excluding ortho intramolecular Hbond substituents is 1. The Hall–Kier alpha value is -2.13. The molecule has 0 amide bonds. The zero-order valence-corrected chi connectivity index (χ0v) is 11.3. The Morgan fingerprint density at radius 1 is 1.20 bits per heavy atom. The van der Waals surface area contributed by atoms with Gasteiger partial charge in [0.25, 0.3) is 0 Å². The summed E-state index contributed by atoms with van der Waals surface area (Å²) < 4.78 is 0. The zero-order valence-electron chi connectivity index (χ0n) is 11.3. The molecule has 2 aromatic rings. The van der Waals surface area contributed by atoms with Crippen molar-refractivity contribution in [3.05, 3.63) is 65.5 Å². The van der Waals surface area contributed by atoms with Crippen molar-refractivity contribution in [3.8, 4) is 5.75 Å². The second-order valence-electron chi connectivity index (χ2n) is 5.09. The summed E-state index contributed by atoms with van der Waals surface area (Å²) in [6, 6.07) is 11.7. The molecule has 2 N–H and O–H groups in total. The third-order valence-corrected chi connectivity index (χ3v) is 3.62. The molecule has 3 nitrogen and oxygen atoms in total. The highest BCUT2D eigenvalue weighted by Crippen LogP contribution is 2.30. The monoisotopic (exact) mass is 266 g/mol. The average Bonchev–Trinajstić information content (AvgIpc) is 2.51. The highest BCUT2D eigenvalue weighted by atomic mass is 16.3. The van der Waals surface area contributed by atoms with Crippen LogP contribution in [0.1, 0.15) is 30.0 Å². The molecular weight excluding hydrogens is 248 g/mol. The fraction of sp³-hybridized carbons (Fsp3) is 0.235. The van der Waals surface area contributed by atoms with Crippen molar-refractivity contribution in [2.24, 2.45) is 0 Å². The zero-order chi connectivity index (χ0) is 13.8. The number of pyridine rings is 1. The van der Waals surface area contributed by atoms with E-state index in [-0.39, 0.29) is 6.04 Å². The molecule has 1 atom stereocenters. The van der Waals surface area contributed by atoms with Crippen LogP contribution in [-0.2, 0) is 0 Å². The van der Waals surface area contributed by atoms with Crippen LogP contribution in [-0.4, -0.2) is 16.6 Å². The third kappa shape index (κ3) is 2.89. The lowest BCUT2D eigenvalue weighted by molar-refractivity contribution is 0.475. The highest BCUT2D eigenvalue weighted by molar-refractivity contribution is 5.56. The van der Waals surface area contributed by atoms with Crippen LogP contribution in [0, 0.1) is 0 Å². The van der Waals surface area contributed by atoms with Crippen LogP contribution < -0.4 is 5.32 Å². The van der Waals surface area contributed by atoms with Crippen molar-refractivity contribution < 1.29 is 5.11 Å². The van der Waals surface area contributed by atoms with Gasteiger partial charge >= 0.3 is 0 Å². The molecule has 2 heterocycles. The first-order valence-corrected chi connectivity index (χ1v) is 6.96. The third-order valence-electron chi connectivity index (χ3n) is 3.62. The first-order valence-electron chi connectivity index (χ1n) is 6.96. The molecular formula is C17H18N2O. The molecule has 0 bridgehead atoms. The minimum atomic E-state index is 0.242. The molecule has 3 heteroatoms.